The van der Waals surface area contributed by atoms with Crippen LogP contribution in [0.3, 0.4) is 0 Å². The second kappa shape index (κ2) is 4.82. The number of aromatic nitrogens is 1. The predicted molar refractivity (Wildman–Crippen MR) is 73.9 cm³/mol. The molecule has 18 heavy (non-hydrogen) atoms. The van der Waals surface area contributed by atoms with E-state index in [1.165, 1.54) is 23.3 Å². The monoisotopic (exact) mass is 259 g/mol. The summed E-state index contributed by atoms with van der Waals surface area (Å²) in [5, 5.41) is 12.7. The summed E-state index contributed by atoms with van der Waals surface area (Å²) in [7, 11) is 0. The van der Waals surface area contributed by atoms with E-state index in [2.05, 4.69) is 16.4 Å². The van der Waals surface area contributed by atoms with Crippen LogP contribution in [0.4, 0.5) is 0 Å². The molecule has 1 aliphatic rings. The second-order valence-electron chi connectivity index (χ2n) is 4.98. The van der Waals surface area contributed by atoms with E-state index >= 15 is 0 Å². The molecular weight excluding hydrogens is 242 g/mol. The van der Waals surface area contributed by atoms with E-state index in [0.717, 1.165) is 17.7 Å². The van der Waals surface area contributed by atoms with Gasteiger partial charge in [-0.2, -0.15) is 0 Å². The average molecular weight is 259 g/mol. The summed E-state index contributed by atoms with van der Waals surface area (Å²) < 4.78 is 0. The van der Waals surface area contributed by atoms with Crippen LogP contribution in [0.1, 0.15) is 46.6 Å². The Labute approximate surface area is 111 Å². The van der Waals surface area contributed by atoms with Crippen LogP contribution in [-0.4, -0.2) is 10.1 Å². The zero-order valence-corrected chi connectivity index (χ0v) is 11.3. The van der Waals surface area contributed by atoms with Crippen molar-refractivity contribution in [2.75, 3.05) is 0 Å². The summed E-state index contributed by atoms with van der Waals surface area (Å²) in [6.07, 6.45) is 4.79. The number of hydrogen-bond donors (Lipinski definition) is 1. The maximum absolute atomic E-state index is 10.6. The Kier molecular flexibility index (Phi) is 3.18. The number of fused-ring (bicyclic) bond motifs is 1. The lowest BCUT2D eigenvalue weighted by molar-refractivity contribution is 0.136. The zero-order chi connectivity index (χ0) is 12.5. The summed E-state index contributed by atoms with van der Waals surface area (Å²) in [6.45, 7) is 1.97. The Morgan fingerprint density at radius 3 is 3.06 bits per heavy atom. The van der Waals surface area contributed by atoms with Gasteiger partial charge in [0.05, 0.1) is 6.10 Å². The van der Waals surface area contributed by atoms with Crippen molar-refractivity contribution in [3.63, 3.8) is 0 Å². The van der Waals surface area contributed by atoms with E-state index in [9.17, 15) is 5.11 Å². The minimum absolute atomic E-state index is 0.240. The smallest absolute Gasteiger partial charge is 0.0873 e. The standard InChI is InChI=1S/C15H17NOS/c1-10-5-6-11(9-16-10)15(17)13-3-2-4-14-12(13)7-8-18-14/h5-9,13,15,17H,2-4H2,1H3. The molecule has 1 aliphatic carbocycles. The van der Waals surface area contributed by atoms with Gasteiger partial charge in [-0.05, 0) is 54.8 Å². The van der Waals surface area contributed by atoms with Crippen LogP contribution in [-0.2, 0) is 6.42 Å². The van der Waals surface area contributed by atoms with Crippen molar-refractivity contribution in [1.82, 2.24) is 4.98 Å². The van der Waals surface area contributed by atoms with Gasteiger partial charge in [0.25, 0.3) is 0 Å². The SMILES string of the molecule is Cc1ccc(C(O)C2CCCc3sccc32)cn1. The average Bonchev–Trinajstić information content (AvgIpc) is 2.87. The van der Waals surface area contributed by atoms with Crippen molar-refractivity contribution in [1.29, 1.82) is 0 Å². The molecule has 3 rings (SSSR count). The van der Waals surface area contributed by atoms with Gasteiger partial charge in [0, 0.05) is 22.7 Å². The number of hydrogen-bond acceptors (Lipinski definition) is 3. The van der Waals surface area contributed by atoms with E-state index < -0.39 is 6.10 Å². The molecule has 1 N–H and O–H groups in total. The molecule has 0 spiro atoms. The van der Waals surface area contributed by atoms with Gasteiger partial charge in [-0.1, -0.05) is 6.07 Å². The van der Waals surface area contributed by atoms with Crippen molar-refractivity contribution in [3.8, 4) is 0 Å². The fraction of sp³-hybridized carbons (Fsp3) is 0.400. The fourth-order valence-electron chi connectivity index (χ4n) is 2.74. The molecule has 0 radical (unpaired) electrons. The first-order chi connectivity index (χ1) is 8.75. The Morgan fingerprint density at radius 1 is 1.39 bits per heavy atom. The maximum Gasteiger partial charge on any atom is 0.0873 e. The molecule has 0 saturated carbocycles. The summed E-state index contributed by atoms with van der Waals surface area (Å²) in [4.78, 5) is 5.73. The van der Waals surface area contributed by atoms with Crippen LogP contribution in [0.25, 0.3) is 0 Å². The van der Waals surface area contributed by atoms with E-state index in [4.69, 9.17) is 0 Å². The van der Waals surface area contributed by atoms with Gasteiger partial charge >= 0.3 is 0 Å². The molecule has 0 saturated heterocycles. The Hall–Kier alpha value is -1.19. The molecule has 2 aromatic rings. The van der Waals surface area contributed by atoms with E-state index in [1.807, 2.05) is 30.4 Å². The number of aliphatic hydroxyl groups excluding tert-OH is 1. The molecule has 2 unspecified atom stereocenters. The molecule has 94 valence electrons. The highest BCUT2D eigenvalue weighted by Crippen LogP contribution is 2.42. The molecule has 0 bridgehead atoms. The van der Waals surface area contributed by atoms with Gasteiger partial charge in [0.2, 0.25) is 0 Å². The van der Waals surface area contributed by atoms with Gasteiger partial charge in [-0.25, -0.2) is 0 Å². The normalized spacial score (nSPS) is 20.4. The fourth-order valence-corrected chi connectivity index (χ4v) is 3.73. The third-order valence-electron chi connectivity index (χ3n) is 3.76. The van der Waals surface area contributed by atoms with Crippen LogP contribution < -0.4 is 0 Å². The number of pyridine rings is 1. The topological polar surface area (TPSA) is 33.1 Å². The third kappa shape index (κ3) is 2.08. The Morgan fingerprint density at radius 2 is 2.28 bits per heavy atom. The van der Waals surface area contributed by atoms with Gasteiger partial charge in [-0.3, -0.25) is 4.98 Å². The van der Waals surface area contributed by atoms with Crippen molar-refractivity contribution in [2.45, 2.75) is 38.2 Å². The lowest BCUT2D eigenvalue weighted by Gasteiger charge is -2.27. The molecule has 3 heteroatoms. The van der Waals surface area contributed by atoms with Crippen LogP contribution in [0.15, 0.2) is 29.8 Å². The highest BCUT2D eigenvalue weighted by Gasteiger charge is 2.28. The highest BCUT2D eigenvalue weighted by atomic mass is 32.1. The molecular formula is C15H17NOS. The lowest BCUT2D eigenvalue weighted by atomic mass is 9.82. The molecule has 0 aromatic carbocycles. The second-order valence-corrected chi connectivity index (χ2v) is 5.98. The van der Waals surface area contributed by atoms with E-state index in [1.54, 1.807) is 6.20 Å². The predicted octanol–water partition coefficient (Wildman–Crippen LogP) is 3.61. The molecule has 0 fully saturated rings. The van der Waals surface area contributed by atoms with Gasteiger partial charge in [0.1, 0.15) is 0 Å². The number of nitrogens with zero attached hydrogens (tertiary/aromatic N) is 1. The van der Waals surface area contributed by atoms with Crippen molar-refractivity contribution in [2.24, 2.45) is 0 Å². The summed E-state index contributed by atoms with van der Waals surface area (Å²) in [5.74, 6) is 0.240. The Balaban J connectivity index is 1.90. The summed E-state index contributed by atoms with van der Waals surface area (Å²) >= 11 is 1.82. The van der Waals surface area contributed by atoms with Crippen LogP contribution in [0.2, 0.25) is 0 Å². The number of rotatable bonds is 2. The first-order valence-corrected chi connectivity index (χ1v) is 7.30. The number of thiophene rings is 1. The van der Waals surface area contributed by atoms with E-state index in [-0.39, 0.29) is 5.92 Å². The van der Waals surface area contributed by atoms with Crippen LogP contribution >= 0.6 is 11.3 Å². The molecule has 2 aromatic heterocycles. The first kappa shape index (κ1) is 11.9. The highest BCUT2D eigenvalue weighted by molar-refractivity contribution is 7.10. The largest absolute Gasteiger partial charge is 0.388 e. The number of aryl methyl sites for hydroxylation is 2. The maximum atomic E-state index is 10.6. The zero-order valence-electron chi connectivity index (χ0n) is 10.5. The Bertz CT molecular complexity index is 532. The van der Waals surface area contributed by atoms with Crippen molar-refractivity contribution in [3.05, 3.63) is 51.5 Å². The first-order valence-electron chi connectivity index (χ1n) is 6.42. The molecule has 0 amide bonds. The minimum Gasteiger partial charge on any atom is -0.388 e. The van der Waals surface area contributed by atoms with Crippen LogP contribution in [0, 0.1) is 6.92 Å². The summed E-state index contributed by atoms with van der Waals surface area (Å²) in [5.41, 5.74) is 3.27. The van der Waals surface area contributed by atoms with E-state index in [0.29, 0.717) is 0 Å². The molecule has 0 aliphatic heterocycles. The minimum atomic E-state index is -0.424. The molecule has 2 heterocycles. The van der Waals surface area contributed by atoms with Crippen molar-refractivity contribution < 1.29 is 5.11 Å². The quantitative estimate of drug-likeness (QED) is 0.893. The molecule has 2 nitrogen and oxygen atoms in total. The molecule has 2 atom stereocenters. The summed E-state index contributed by atoms with van der Waals surface area (Å²) in [6, 6.07) is 6.14. The lowest BCUT2D eigenvalue weighted by Crippen LogP contribution is -2.15. The van der Waals surface area contributed by atoms with Gasteiger partial charge < -0.3 is 5.11 Å². The van der Waals surface area contributed by atoms with Gasteiger partial charge in [-0.15, -0.1) is 11.3 Å². The number of aliphatic hydroxyl groups is 1. The van der Waals surface area contributed by atoms with Crippen molar-refractivity contribution >= 4 is 11.3 Å². The third-order valence-corrected chi connectivity index (χ3v) is 4.75. The van der Waals surface area contributed by atoms with Gasteiger partial charge in [0.15, 0.2) is 0 Å². The van der Waals surface area contributed by atoms with Crippen LogP contribution in [0.5, 0.6) is 0 Å².